The Morgan fingerprint density at radius 2 is 2.15 bits per heavy atom. The molecule has 2 N–H and O–H groups in total. The number of carbonyl (C=O) groups is 2. The van der Waals surface area contributed by atoms with Gasteiger partial charge in [0.25, 0.3) is 5.91 Å². The first kappa shape index (κ1) is 14.1. The first-order valence-electron chi connectivity index (χ1n) is 6.04. The number of fused-ring (bicyclic) bond motifs is 1. The van der Waals surface area contributed by atoms with Crippen LogP contribution >= 0.6 is 0 Å². The van der Waals surface area contributed by atoms with Crippen molar-refractivity contribution < 1.29 is 28.9 Å². The van der Waals surface area contributed by atoms with Gasteiger partial charge in [-0.05, 0) is 18.2 Å². The Bertz CT molecular complexity index is 516. The molecule has 0 saturated heterocycles. The zero-order valence-electron chi connectivity index (χ0n) is 10.9. The number of methoxy groups -OCH3 is 1. The zero-order chi connectivity index (χ0) is 14.5. The fourth-order valence-corrected chi connectivity index (χ4v) is 1.77. The molecule has 2 rings (SSSR count). The third-order valence-corrected chi connectivity index (χ3v) is 2.85. The van der Waals surface area contributed by atoms with Crippen molar-refractivity contribution >= 4 is 11.9 Å². The Morgan fingerprint density at radius 1 is 1.40 bits per heavy atom. The van der Waals surface area contributed by atoms with Crippen molar-refractivity contribution in [2.75, 3.05) is 20.5 Å². The smallest absolute Gasteiger partial charge is 0.326 e. The van der Waals surface area contributed by atoms with Gasteiger partial charge in [-0.25, -0.2) is 4.79 Å². The van der Waals surface area contributed by atoms with E-state index in [9.17, 15) is 9.59 Å². The van der Waals surface area contributed by atoms with E-state index in [2.05, 4.69) is 5.32 Å². The molecule has 108 valence electrons. The number of hydrogen-bond donors (Lipinski definition) is 2. The van der Waals surface area contributed by atoms with E-state index in [1.165, 1.54) is 13.2 Å². The van der Waals surface area contributed by atoms with Gasteiger partial charge in [0, 0.05) is 25.7 Å². The molecule has 20 heavy (non-hydrogen) atoms. The molecule has 0 aliphatic carbocycles. The molecule has 0 bridgehead atoms. The van der Waals surface area contributed by atoms with Crippen LogP contribution in [0, 0.1) is 0 Å². The molecule has 7 heteroatoms. The van der Waals surface area contributed by atoms with E-state index >= 15 is 0 Å². The van der Waals surface area contributed by atoms with Crippen LogP contribution in [0.2, 0.25) is 0 Å². The molecule has 0 radical (unpaired) electrons. The standard InChI is InChI=1S/C13H15NO6/c1-18-5-4-9(13(16)17)14-12(15)8-2-3-10-11(6-8)20-7-19-10/h2-3,6,9H,4-5,7H2,1H3,(H,14,15)(H,16,17)/t9-/m1/s1. The normalized spacial score (nSPS) is 13.8. The molecule has 7 nitrogen and oxygen atoms in total. The van der Waals surface area contributed by atoms with Gasteiger partial charge in [-0.3, -0.25) is 4.79 Å². The molecule has 1 aliphatic rings. The summed E-state index contributed by atoms with van der Waals surface area (Å²) in [5.41, 5.74) is 0.318. The van der Waals surface area contributed by atoms with E-state index in [0.29, 0.717) is 17.1 Å². The maximum Gasteiger partial charge on any atom is 0.326 e. The van der Waals surface area contributed by atoms with E-state index in [1.807, 2.05) is 0 Å². The minimum Gasteiger partial charge on any atom is -0.480 e. The van der Waals surface area contributed by atoms with Crippen LogP contribution in [-0.2, 0) is 9.53 Å². The average molecular weight is 281 g/mol. The van der Waals surface area contributed by atoms with Gasteiger partial charge in [0.15, 0.2) is 11.5 Å². The van der Waals surface area contributed by atoms with Gasteiger partial charge in [0.2, 0.25) is 6.79 Å². The molecule has 0 spiro atoms. The second-order valence-electron chi connectivity index (χ2n) is 4.21. The molecular weight excluding hydrogens is 266 g/mol. The van der Waals surface area contributed by atoms with E-state index in [-0.39, 0.29) is 19.8 Å². The fraction of sp³-hybridized carbons (Fsp3) is 0.385. The van der Waals surface area contributed by atoms with Gasteiger partial charge < -0.3 is 24.6 Å². The van der Waals surface area contributed by atoms with Crippen molar-refractivity contribution in [3.63, 3.8) is 0 Å². The summed E-state index contributed by atoms with van der Waals surface area (Å²) in [6.45, 7) is 0.365. The highest BCUT2D eigenvalue weighted by Gasteiger charge is 2.22. The van der Waals surface area contributed by atoms with Crippen molar-refractivity contribution in [3.8, 4) is 11.5 Å². The number of nitrogens with one attached hydrogen (secondary N) is 1. The molecule has 1 atom stereocenters. The maximum absolute atomic E-state index is 12.0. The van der Waals surface area contributed by atoms with Crippen LogP contribution in [-0.4, -0.2) is 43.5 Å². The van der Waals surface area contributed by atoms with Crippen molar-refractivity contribution in [1.82, 2.24) is 5.32 Å². The second kappa shape index (κ2) is 6.25. The van der Waals surface area contributed by atoms with Crippen LogP contribution in [0.3, 0.4) is 0 Å². The third kappa shape index (κ3) is 3.18. The minimum atomic E-state index is -1.10. The summed E-state index contributed by atoms with van der Waals surface area (Å²) in [6, 6.07) is 3.69. The van der Waals surface area contributed by atoms with Crippen molar-refractivity contribution in [2.45, 2.75) is 12.5 Å². The van der Waals surface area contributed by atoms with Gasteiger partial charge in [-0.15, -0.1) is 0 Å². The van der Waals surface area contributed by atoms with Gasteiger partial charge in [-0.2, -0.15) is 0 Å². The van der Waals surface area contributed by atoms with Crippen molar-refractivity contribution in [1.29, 1.82) is 0 Å². The number of carboxylic acid groups (broad SMARTS) is 1. The Labute approximate surface area is 115 Å². The summed E-state index contributed by atoms with van der Waals surface area (Å²) in [5, 5.41) is 11.5. The summed E-state index contributed by atoms with van der Waals surface area (Å²) >= 11 is 0. The molecule has 1 amide bonds. The first-order chi connectivity index (χ1) is 9.61. The minimum absolute atomic E-state index is 0.117. The first-order valence-corrected chi connectivity index (χ1v) is 6.04. The number of carbonyl (C=O) groups excluding carboxylic acids is 1. The van der Waals surface area contributed by atoms with Gasteiger partial charge in [0.05, 0.1) is 0 Å². The number of aliphatic carboxylic acids is 1. The van der Waals surface area contributed by atoms with Crippen LogP contribution in [0.4, 0.5) is 0 Å². The molecule has 1 aliphatic heterocycles. The lowest BCUT2D eigenvalue weighted by Gasteiger charge is -2.14. The molecular formula is C13H15NO6. The van der Waals surface area contributed by atoms with E-state index in [4.69, 9.17) is 19.3 Å². The summed E-state index contributed by atoms with van der Waals surface area (Å²) < 4.78 is 15.1. The third-order valence-electron chi connectivity index (χ3n) is 2.85. The van der Waals surface area contributed by atoms with Crippen LogP contribution in [0.25, 0.3) is 0 Å². The predicted octanol–water partition coefficient (Wildman–Crippen LogP) is 0.635. The lowest BCUT2D eigenvalue weighted by Crippen LogP contribution is -2.41. The zero-order valence-corrected chi connectivity index (χ0v) is 10.9. The van der Waals surface area contributed by atoms with Crippen LogP contribution in [0.5, 0.6) is 11.5 Å². The highest BCUT2D eigenvalue weighted by molar-refractivity contribution is 5.97. The van der Waals surface area contributed by atoms with E-state index < -0.39 is 17.9 Å². The summed E-state index contributed by atoms with van der Waals surface area (Å²) in [6.07, 6.45) is 0.197. The van der Waals surface area contributed by atoms with E-state index in [1.54, 1.807) is 12.1 Å². The van der Waals surface area contributed by atoms with Crippen LogP contribution < -0.4 is 14.8 Å². The summed E-state index contributed by atoms with van der Waals surface area (Å²) in [5.74, 6) is -0.542. The van der Waals surface area contributed by atoms with Crippen molar-refractivity contribution in [3.05, 3.63) is 23.8 Å². The molecule has 1 heterocycles. The number of benzene rings is 1. The fourth-order valence-electron chi connectivity index (χ4n) is 1.77. The van der Waals surface area contributed by atoms with Crippen LogP contribution in [0.1, 0.15) is 16.8 Å². The van der Waals surface area contributed by atoms with Gasteiger partial charge in [0.1, 0.15) is 6.04 Å². The molecule has 0 aromatic heterocycles. The number of ether oxygens (including phenoxy) is 3. The summed E-state index contributed by atoms with van der Waals surface area (Å²) in [7, 11) is 1.47. The second-order valence-corrected chi connectivity index (χ2v) is 4.21. The Kier molecular flexibility index (Phi) is 4.41. The van der Waals surface area contributed by atoms with Gasteiger partial charge >= 0.3 is 5.97 Å². The molecule has 1 aromatic carbocycles. The topological polar surface area (TPSA) is 94.1 Å². The number of rotatable bonds is 6. The average Bonchev–Trinajstić information content (AvgIpc) is 2.90. The molecule has 0 saturated carbocycles. The highest BCUT2D eigenvalue weighted by Crippen LogP contribution is 2.32. The Balaban J connectivity index is 2.04. The lowest BCUT2D eigenvalue weighted by molar-refractivity contribution is -0.139. The van der Waals surface area contributed by atoms with E-state index in [0.717, 1.165) is 0 Å². The Hall–Kier alpha value is -2.28. The lowest BCUT2D eigenvalue weighted by atomic mass is 10.1. The quantitative estimate of drug-likeness (QED) is 0.794. The number of hydrogen-bond acceptors (Lipinski definition) is 5. The predicted molar refractivity (Wildman–Crippen MR) is 67.9 cm³/mol. The number of carboxylic acids is 1. The largest absolute Gasteiger partial charge is 0.480 e. The molecule has 0 fully saturated rings. The molecule has 0 unspecified atom stereocenters. The van der Waals surface area contributed by atoms with Crippen molar-refractivity contribution in [2.24, 2.45) is 0 Å². The monoisotopic (exact) mass is 281 g/mol. The maximum atomic E-state index is 12.0. The Morgan fingerprint density at radius 3 is 2.85 bits per heavy atom. The van der Waals surface area contributed by atoms with Gasteiger partial charge in [-0.1, -0.05) is 0 Å². The summed E-state index contributed by atoms with van der Waals surface area (Å²) in [4.78, 5) is 23.1. The van der Waals surface area contributed by atoms with Crippen LogP contribution in [0.15, 0.2) is 18.2 Å². The SMILES string of the molecule is COCC[C@@H](NC(=O)c1ccc2c(c1)OCO2)C(=O)O. The molecule has 1 aromatic rings. The number of amides is 1. The highest BCUT2D eigenvalue weighted by atomic mass is 16.7.